The van der Waals surface area contributed by atoms with Crippen LogP contribution in [0.25, 0.3) is 0 Å². The zero-order valence-corrected chi connectivity index (χ0v) is 9.13. The number of ether oxygens (including phenoxy) is 1. The van der Waals surface area contributed by atoms with E-state index in [2.05, 4.69) is 29.1 Å². The van der Waals surface area contributed by atoms with Gasteiger partial charge in [-0.05, 0) is 26.8 Å². The van der Waals surface area contributed by atoms with E-state index in [9.17, 15) is 0 Å². The van der Waals surface area contributed by atoms with E-state index in [1.165, 1.54) is 0 Å². The molecule has 0 amide bonds. The summed E-state index contributed by atoms with van der Waals surface area (Å²) in [7, 11) is 1.74. The summed E-state index contributed by atoms with van der Waals surface area (Å²) in [4.78, 5) is 6.99. The van der Waals surface area contributed by atoms with Crippen LogP contribution in [0.2, 0.25) is 0 Å². The van der Waals surface area contributed by atoms with Gasteiger partial charge in [0.25, 0.3) is 0 Å². The fourth-order valence-corrected chi connectivity index (χ4v) is 1.10. The summed E-state index contributed by atoms with van der Waals surface area (Å²) in [5.41, 5.74) is 1.07. The van der Waals surface area contributed by atoms with E-state index in [1.54, 1.807) is 13.4 Å². The van der Waals surface area contributed by atoms with Crippen molar-refractivity contribution in [2.75, 3.05) is 13.7 Å². The van der Waals surface area contributed by atoms with E-state index < -0.39 is 0 Å². The number of methoxy groups -OCH3 is 1. The molecule has 0 radical (unpaired) electrons. The highest BCUT2D eigenvalue weighted by Crippen LogP contribution is 2.11. The monoisotopic (exact) mass is 197 g/mol. The first-order valence-corrected chi connectivity index (χ1v) is 4.87. The van der Waals surface area contributed by atoms with Crippen LogP contribution in [0.15, 0.2) is 12.5 Å². The van der Waals surface area contributed by atoms with Crippen LogP contribution in [0, 0.1) is 0 Å². The maximum Gasteiger partial charge on any atom is 0.0922 e. The van der Waals surface area contributed by atoms with Gasteiger partial charge in [0, 0.05) is 25.5 Å². The van der Waals surface area contributed by atoms with E-state index in [4.69, 9.17) is 4.74 Å². The first-order chi connectivity index (χ1) is 6.64. The summed E-state index contributed by atoms with van der Waals surface area (Å²) in [5, 5.41) is 3.33. The number of hydrogen-bond donors (Lipinski definition) is 2. The van der Waals surface area contributed by atoms with Crippen molar-refractivity contribution in [3.05, 3.63) is 18.2 Å². The van der Waals surface area contributed by atoms with Gasteiger partial charge in [-0.15, -0.1) is 0 Å². The normalized spacial score (nSPS) is 11.9. The Morgan fingerprint density at radius 3 is 2.93 bits per heavy atom. The second kappa shape index (κ2) is 5.12. The minimum Gasteiger partial charge on any atom is -0.379 e. The minimum absolute atomic E-state index is 0.0407. The predicted octanol–water partition coefficient (Wildman–Crippen LogP) is 1.31. The molecule has 0 aliphatic rings. The van der Waals surface area contributed by atoms with Crippen molar-refractivity contribution >= 4 is 0 Å². The summed E-state index contributed by atoms with van der Waals surface area (Å²) < 4.78 is 5.31. The molecule has 0 saturated heterocycles. The standard InChI is InChI=1S/C10H19N3O/c1-10(2,14-3)4-5-11-6-9-7-12-8-13-9/h7-8,11H,4-6H2,1-3H3,(H,12,13). The van der Waals surface area contributed by atoms with Gasteiger partial charge in [-0.1, -0.05) is 0 Å². The van der Waals surface area contributed by atoms with Crippen molar-refractivity contribution in [3.8, 4) is 0 Å². The molecule has 4 heteroatoms. The third-order valence-electron chi connectivity index (χ3n) is 2.33. The molecule has 0 fully saturated rings. The molecule has 0 atom stereocenters. The van der Waals surface area contributed by atoms with Gasteiger partial charge in [0.05, 0.1) is 11.9 Å². The maximum atomic E-state index is 5.31. The Labute approximate surface area is 85.1 Å². The fourth-order valence-electron chi connectivity index (χ4n) is 1.10. The van der Waals surface area contributed by atoms with Crippen molar-refractivity contribution in [2.24, 2.45) is 0 Å². The molecule has 0 aliphatic carbocycles. The smallest absolute Gasteiger partial charge is 0.0922 e. The van der Waals surface area contributed by atoms with Crippen LogP contribution in [0.1, 0.15) is 26.0 Å². The molecule has 4 nitrogen and oxygen atoms in total. The first-order valence-electron chi connectivity index (χ1n) is 4.87. The van der Waals surface area contributed by atoms with Crippen LogP contribution in [0.5, 0.6) is 0 Å². The Bertz CT molecular complexity index is 244. The molecule has 80 valence electrons. The molecule has 1 aromatic heterocycles. The van der Waals surface area contributed by atoms with E-state index in [1.807, 2.05) is 6.20 Å². The summed E-state index contributed by atoms with van der Waals surface area (Å²) in [6, 6.07) is 0. The van der Waals surface area contributed by atoms with Crippen LogP contribution in [0.4, 0.5) is 0 Å². The Morgan fingerprint density at radius 1 is 1.57 bits per heavy atom. The lowest BCUT2D eigenvalue weighted by Crippen LogP contribution is -2.28. The van der Waals surface area contributed by atoms with Gasteiger partial charge in [0.1, 0.15) is 0 Å². The summed E-state index contributed by atoms with van der Waals surface area (Å²) in [6.45, 7) is 5.95. The molecule has 0 aliphatic heterocycles. The summed E-state index contributed by atoms with van der Waals surface area (Å²) in [5.74, 6) is 0. The average molecular weight is 197 g/mol. The number of imidazole rings is 1. The van der Waals surface area contributed by atoms with Crippen LogP contribution >= 0.6 is 0 Å². The quantitative estimate of drug-likeness (QED) is 0.676. The molecule has 0 aromatic carbocycles. The molecular formula is C10H19N3O. The van der Waals surface area contributed by atoms with Crippen molar-refractivity contribution in [3.63, 3.8) is 0 Å². The van der Waals surface area contributed by atoms with Crippen LogP contribution in [0.3, 0.4) is 0 Å². The number of aromatic amines is 1. The molecule has 0 spiro atoms. The first kappa shape index (κ1) is 11.2. The molecule has 1 rings (SSSR count). The lowest BCUT2D eigenvalue weighted by atomic mass is 10.1. The highest BCUT2D eigenvalue weighted by atomic mass is 16.5. The number of aromatic nitrogens is 2. The Hall–Kier alpha value is -0.870. The largest absolute Gasteiger partial charge is 0.379 e. The summed E-state index contributed by atoms with van der Waals surface area (Å²) >= 11 is 0. The predicted molar refractivity (Wildman–Crippen MR) is 56.0 cm³/mol. The second-order valence-corrected chi connectivity index (χ2v) is 3.97. The molecular weight excluding hydrogens is 178 g/mol. The molecule has 1 aromatic rings. The van der Waals surface area contributed by atoms with Crippen LogP contribution in [-0.2, 0) is 11.3 Å². The zero-order chi connectivity index (χ0) is 10.4. The molecule has 2 N–H and O–H groups in total. The minimum atomic E-state index is -0.0407. The van der Waals surface area contributed by atoms with Crippen molar-refractivity contribution in [1.29, 1.82) is 0 Å². The van der Waals surface area contributed by atoms with Gasteiger partial charge < -0.3 is 15.0 Å². The topological polar surface area (TPSA) is 49.9 Å². The van der Waals surface area contributed by atoms with Gasteiger partial charge in [0.15, 0.2) is 0 Å². The Morgan fingerprint density at radius 2 is 2.36 bits per heavy atom. The lowest BCUT2D eigenvalue weighted by Gasteiger charge is -2.22. The Kier molecular flexibility index (Phi) is 4.10. The number of hydrogen-bond acceptors (Lipinski definition) is 3. The second-order valence-electron chi connectivity index (χ2n) is 3.97. The third kappa shape index (κ3) is 3.89. The fraction of sp³-hybridized carbons (Fsp3) is 0.700. The molecule has 1 heterocycles. The van der Waals surface area contributed by atoms with Crippen molar-refractivity contribution in [2.45, 2.75) is 32.4 Å². The van der Waals surface area contributed by atoms with Crippen molar-refractivity contribution < 1.29 is 4.74 Å². The SMILES string of the molecule is COC(C)(C)CCNCc1cnc[nH]1. The van der Waals surface area contributed by atoms with E-state index in [-0.39, 0.29) is 5.60 Å². The van der Waals surface area contributed by atoms with Gasteiger partial charge in [-0.2, -0.15) is 0 Å². The maximum absolute atomic E-state index is 5.31. The Balaban J connectivity index is 2.11. The van der Waals surface area contributed by atoms with E-state index in [0.717, 1.165) is 25.2 Å². The van der Waals surface area contributed by atoms with E-state index >= 15 is 0 Å². The van der Waals surface area contributed by atoms with Crippen molar-refractivity contribution in [1.82, 2.24) is 15.3 Å². The highest BCUT2D eigenvalue weighted by molar-refractivity contribution is 4.93. The molecule has 0 bridgehead atoms. The third-order valence-corrected chi connectivity index (χ3v) is 2.33. The average Bonchev–Trinajstić information content (AvgIpc) is 2.65. The number of rotatable bonds is 6. The van der Waals surface area contributed by atoms with E-state index in [0.29, 0.717) is 0 Å². The number of H-pyrrole nitrogens is 1. The van der Waals surface area contributed by atoms with Crippen LogP contribution in [-0.4, -0.2) is 29.2 Å². The molecule has 0 saturated carbocycles. The van der Waals surface area contributed by atoms with Gasteiger partial charge in [-0.25, -0.2) is 4.98 Å². The highest BCUT2D eigenvalue weighted by Gasteiger charge is 2.14. The summed E-state index contributed by atoms with van der Waals surface area (Å²) in [6.07, 6.45) is 4.52. The van der Waals surface area contributed by atoms with Gasteiger partial charge >= 0.3 is 0 Å². The van der Waals surface area contributed by atoms with Gasteiger partial charge in [0.2, 0.25) is 0 Å². The lowest BCUT2D eigenvalue weighted by molar-refractivity contribution is 0.0158. The number of nitrogens with one attached hydrogen (secondary N) is 2. The van der Waals surface area contributed by atoms with Gasteiger partial charge in [-0.3, -0.25) is 0 Å². The van der Waals surface area contributed by atoms with Crippen LogP contribution < -0.4 is 5.32 Å². The number of nitrogens with zero attached hydrogens (tertiary/aromatic N) is 1. The molecule has 14 heavy (non-hydrogen) atoms. The molecule has 0 unspecified atom stereocenters. The zero-order valence-electron chi connectivity index (χ0n) is 9.13.